The first kappa shape index (κ1) is 18.8. The molecule has 0 bridgehead atoms. The molecule has 0 spiro atoms. The smallest absolute Gasteiger partial charge is 0.358 e. The van der Waals surface area contributed by atoms with Crippen LogP contribution in [0, 0.1) is 24.0 Å². The second kappa shape index (κ2) is 6.83. The molecule has 1 aliphatic rings. The normalized spacial score (nSPS) is 16.0. The third-order valence-electron chi connectivity index (χ3n) is 5.05. The molecule has 0 unspecified atom stereocenters. The highest BCUT2D eigenvalue weighted by Gasteiger charge is 2.33. The zero-order valence-corrected chi connectivity index (χ0v) is 17.0. The third kappa shape index (κ3) is 3.05. The van der Waals surface area contributed by atoms with E-state index in [9.17, 15) is 18.5 Å². The Hall–Kier alpha value is -2.50. The lowest BCUT2D eigenvalue weighted by Gasteiger charge is -2.33. The van der Waals surface area contributed by atoms with Gasteiger partial charge in [-0.2, -0.15) is 13.7 Å². The molecule has 2 aromatic heterocycles. The highest BCUT2D eigenvalue weighted by atomic mass is 32.2. The molecule has 11 heteroatoms. The fraction of sp³-hybridized carbons (Fsp3) is 0.353. The molecule has 1 aliphatic heterocycles. The van der Waals surface area contributed by atoms with Crippen LogP contribution in [0.2, 0.25) is 0 Å². The summed E-state index contributed by atoms with van der Waals surface area (Å²) in [6.07, 6.45) is 1.62. The van der Waals surface area contributed by atoms with Gasteiger partial charge in [0.05, 0.1) is 4.90 Å². The van der Waals surface area contributed by atoms with E-state index in [-0.39, 0.29) is 23.8 Å². The fourth-order valence-electron chi connectivity index (χ4n) is 3.31. The molecular formula is C17H19N5O4S2. The molecule has 0 saturated carbocycles. The Labute approximate surface area is 166 Å². The van der Waals surface area contributed by atoms with Gasteiger partial charge in [-0.3, -0.25) is 0 Å². The van der Waals surface area contributed by atoms with E-state index in [0.29, 0.717) is 23.9 Å². The van der Waals surface area contributed by atoms with Crippen LogP contribution in [0.5, 0.6) is 0 Å². The molecule has 3 heterocycles. The van der Waals surface area contributed by atoms with Crippen LogP contribution >= 0.6 is 11.3 Å². The topological polar surface area (TPSA) is 101 Å². The van der Waals surface area contributed by atoms with Crippen molar-refractivity contribution in [3.63, 3.8) is 0 Å². The van der Waals surface area contributed by atoms with Crippen molar-refractivity contribution in [2.75, 3.05) is 31.1 Å². The summed E-state index contributed by atoms with van der Waals surface area (Å²) >= 11 is 1.32. The lowest BCUT2D eigenvalue weighted by molar-refractivity contribution is -0.389. The highest BCUT2D eigenvalue weighted by Crippen LogP contribution is 2.32. The van der Waals surface area contributed by atoms with Crippen LogP contribution in [0.15, 0.2) is 34.7 Å². The number of benzene rings is 1. The van der Waals surface area contributed by atoms with E-state index in [0.717, 1.165) is 11.1 Å². The van der Waals surface area contributed by atoms with Crippen LogP contribution in [-0.4, -0.2) is 53.2 Å². The summed E-state index contributed by atoms with van der Waals surface area (Å²) in [5.74, 6) is 0.210. The predicted octanol–water partition coefficient (Wildman–Crippen LogP) is 2.43. The number of anilines is 1. The summed E-state index contributed by atoms with van der Waals surface area (Å²) in [4.78, 5) is 18.1. The van der Waals surface area contributed by atoms with Gasteiger partial charge in [0.15, 0.2) is 0 Å². The first-order valence-corrected chi connectivity index (χ1v) is 11.0. The molecule has 4 rings (SSSR count). The van der Waals surface area contributed by atoms with Gasteiger partial charge in [0.1, 0.15) is 6.20 Å². The zero-order valence-electron chi connectivity index (χ0n) is 15.4. The molecule has 0 amide bonds. The third-order valence-corrected chi connectivity index (χ3v) is 7.70. The molecule has 9 nitrogen and oxygen atoms in total. The van der Waals surface area contributed by atoms with E-state index in [4.69, 9.17) is 0 Å². The van der Waals surface area contributed by atoms with Crippen LogP contribution in [0.3, 0.4) is 0 Å². The van der Waals surface area contributed by atoms with Gasteiger partial charge in [-0.05, 0) is 42.0 Å². The Morgan fingerprint density at radius 3 is 2.50 bits per heavy atom. The highest BCUT2D eigenvalue weighted by molar-refractivity contribution is 7.89. The minimum absolute atomic E-state index is 0.0817. The van der Waals surface area contributed by atoms with Crippen LogP contribution in [0.4, 0.5) is 11.6 Å². The Morgan fingerprint density at radius 2 is 1.86 bits per heavy atom. The minimum Gasteiger partial charge on any atom is -0.358 e. The summed E-state index contributed by atoms with van der Waals surface area (Å²) in [5, 5.41) is 13.3. The van der Waals surface area contributed by atoms with E-state index in [2.05, 4.69) is 4.98 Å². The lowest BCUT2D eigenvalue weighted by atomic mass is 10.1. The van der Waals surface area contributed by atoms with Crippen molar-refractivity contribution in [1.82, 2.24) is 13.7 Å². The van der Waals surface area contributed by atoms with Crippen molar-refractivity contribution in [3.05, 3.63) is 51.0 Å². The van der Waals surface area contributed by atoms with Crippen molar-refractivity contribution in [1.29, 1.82) is 0 Å². The van der Waals surface area contributed by atoms with E-state index >= 15 is 0 Å². The second-order valence-electron chi connectivity index (χ2n) is 6.71. The van der Waals surface area contributed by atoms with Crippen molar-refractivity contribution in [3.8, 4) is 0 Å². The molecule has 0 aliphatic carbocycles. The number of thiazole rings is 1. The minimum atomic E-state index is -3.60. The van der Waals surface area contributed by atoms with Gasteiger partial charge in [0.25, 0.3) is 4.96 Å². The van der Waals surface area contributed by atoms with Crippen molar-refractivity contribution >= 4 is 38.0 Å². The molecule has 148 valence electrons. The molecule has 0 atom stereocenters. The maximum atomic E-state index is 12.9. The maximum absolute atomic E-state index is 12.9. The molecular weight excluding hydrogens is 402 g/mol. The maximum Gasteiger partial charge on any atom is 0.373 e. The first-order valence-electron chi connectivity index (χ1n) is 8.71. The summed E-state index contributed by atoms with van der Waals surface area (Å²) in [6.45, 7) is 5.00. The molecule has 0 radical (unpaired) electrons. The lowest BCUT2D eigenvalue weighted by Crippen LogP contribution is -2.49. The zero-order chi connectivity index (χ0) is 20.1. The molecule has 1 fully saturated rings. The van der Waals surface area contributed by atoms with E-state index < -0.39 is 14.9 Å². The standard InChI is InChI=1S/C17H19N5O4S2/c1-12-3-4-14(11-13(12)2)28(25,26)20-7-5-19(6-8-20)15-16(22(23)24)21-9-10-27-17(21)18-15/h3-4,9-11H,5-8H2,1-2H3. The van der Waals surface area contributed by atoms with Gasteiger partial charge in [-0.15, -0.1) is 0 Å². The Morgan fingerprint density at radius 1 is 1.14 bits per heavy atom. The van der Waals surface area contributed by atoms with Gasteiger partial charge in [-0.25, -0.2) is 8.42 Å². The largest absolute Gasteiger partial charge is 0.373 e. The van der Waals surface area contributed by atoms with Crippen molar-refractivity contribution < 1.29 is 13.3 Å². The van der Waals surface area contributed by atoms with Gasteiger partial charge < -0.3 is 15.0 Å². The molecule has 28 heavy (non-hydrogen) atoms. The summed E-state index contributed by atoms with van der Waals surface area (Å²) in [5.41, 5.74) is 1.96. The first-order chi connectivity index (χ1) is 13.3. The monoisotopic (exact) mass is 421 g/mol. The summed E-state index contributed by atoms with van der Waals surface area (Å²) in [6, 6.07) is 5.11. The Bertz CT molecular complexity index is 1160. The molecule has 0 N–H and O–H groups in total. The number of rotatable bonds is 4. The summed E-state index contributed by atoms with van der Waals surface area (Å²) < 4.78 is 28.8. The molecule has 1 aromatic carbocycles. The number of hydrogen-bond acceptors (Lipinski definition) is 7. The number of aromatic nitrogens is 2. The molecule has 1 saturated heterocycles. The van der Waals surface area contributed by atoms with Crippen LogP contribution in [0.1, 0.15) is 11.1 Å². The summed E-state index contributed by atoms with van der Waals surface area (Å²) in [7, 11) is -3.60. The number of imidazole rings is 1. The quantitative estimate of drug-likeness (QED) is 0.474. The number of nitro groups is 1. The number of fused-ring (bicyclic) bond motifs is 1. The SMILES string of the molecule is Cc1ccc(S(=O)(=O)N2CCN(c3nc4sccn4c3[N+](=O)[O-])CC2)cc1C. The van der Waals surface area contributed by atoms with E-state index in [1.54, 1.807) is 34.7 Å². The average Bonchev–Trinajstić information content (AvgIpc) is 3.24. The Kier molecular flexibility index (Phi) is 4.60. The van der Waals surface area contributed by atoms with Gasteiger partial charge in [0, 0.05) is 31.6 Å². The number of aryl methyl sites for hydroxylation is 2. The average molecular weight is 422 g/mol. The fourth-order valence-corrected chi connectivity index (χ4v) is 5.52. The van der Waals surface area contributed by atoms with Gasteiger partial charge >= 0.3 is 5.82 Å². The number of nitrogens with zero attached hydrogens (tertiary/aromatic N) is 5. The van der Waals surface area contributed by atoms with Crippen LogP contribution < -0.4 is 4.90 Å². The van der Waals surface area contributed by atoms with Gasteiger partial charge in [0.2, 0.25) is 15.8 Å². The van der Waals surface area contributed by atoms with Crippen molar-refractivity contribution in [2.45, 2.75) is 18.7 Å². The van der Waals surface area contributed by atoms with Gasteiger partial charge in [-0.1, -0.05) is 17.4 Å². The number of hydrogen-bond donors (Lipinski definition) is 0. The number of piperazine rings is 1. The molecule has 3 aromatic rings. The van der Waals surface area contributed by atoms with Crippen LogP contribution in [0.25, 0.3) is 4.96 Å². The number of sulfonamides is 1. The predicted molar refractivity (Wildman–Crippen MR) is 107 cm³/mol. The van der Waals surface area contributed by atoms with E-state index in [1.807, 2.05) is 13.8 Å². The van der Waals surface area contributed by atoms with E-state index in [1.165, 1.54) is 20.0 Å². The van der Waals surface area contributed by atoms with Crippen LogP contribution in [-0.2, 0) is 10.0 Å². The second-order valence-corrected chi connectivity index (χ2v) is 9.52. The Balaban J connectivity index is 1.56. The van der Waals surface area contributed by atoms with Crippen molar-refractivity contribution in [2.24, 2.45) is 0 Å².